The summed E-state index contributed by atoms with van der Waals surface area (Å²) in [4.78, 5) is 32.0. The molecule has 1 aliphatic heterocycles. The van der Waals surface area contributed by atoms with Crippen molar-refractivity contribution in [2.75, 3.05) is 18.8 Å². The molecule has 3 aromatic heterocycles. The van der Waals surface area contributed by atoms with Gasteiger partial charge in [-0.2, -0.15) is 10.1 Å². The molecule has 4 aromatic rings. The molecule has 3 atom stereocenters. The zero-order valence-electron chi connectivity index (χ0n) is 19.7. The first kappa shape index (κ1) is 22.8. The maximum absolute atomic E-state index is 13.6. The van der Waals surface area contributed by atoms with Crippen molar-refractivity contribution >= 4 is 22.8 Å². The number of morpholine rings is 1. The number of aliphatic hydroxyl groups is 1. The van der Waals surface area contributed by atoms with Crippen molar-refractivity contribution in [2.24, 2.45) is 0 Å². The third-order valence-corrected chi connectivity index (χ3v) is 6.03. The van der Waals surface area contributed by atoms with E-state index in [1.165, 1.54) is 6.20 Å². The molecule has 1 unspecified atom stereocenters. The van der Waals surface area contributed by atoms with Crippen LogP contribution in [0, 0.1) is 0 Å². The van der Waals surface area contributed by atoms with Gasteiger partial charge >= 0.3 is 0 Å². The largest absolute Gasteiger partial charge is 0.377 e. The standard InChI is InChI=1S/C24H26N8O3/c1-14-12-31(13-15(2)35-14)21(33)20-17-6-5-16(24(3,34)22-26-8-4-9-27-22)11-18(17)32(30-20)19-7-10-28-23(25)29-19/h4-11,14-15,34H,12-13H2,1-3H3,(H2,25,28,29)/t14-,15+,24?. The molecule has 35 heavy (non-hydrogen) atoms. The van der Waals surface area contributed by atoms with Crippen LogP contribution in [0.3, 0.4) is 0 Å². The summed E-state index contributed by atoms with van der Waals surface area (Å²) in [6, 6.07) is 8.62. The first-order chi connectivity index (χ1) is 16.7. The van der Waals surface area contributed by atoms with Crippen LogP contribution in [0.5, 0.6) is 0 Å². The molecule has 11 heteroatoms. The summed E-state index contributed by atoms with van der Waals surface area (Å²) in [7, 11) is 0. The molecule has 1 amide bonds. The van der Waals surface area contributed by atoms with E-state index in [2.05, 4.69) is 25.0 Å². The zero-order valence-corrected chi connectivity index (χ0v) is 19.7. The summed E-state index contributed by atoms with van der Waals surface area (Å²) in [6.45, 7) is 6.44. The van der Waals surface area contributed by atoms with E-state index < -0.39 is 5.60 Å². The average molecular weight is 475 g/mol. The van der Waals surface area contributed by atoms with E-state index in [1.54, 1.807) is 59.2 Å². The lowest BCUT2D eigenvalue weighted by molar-refractivity contribution is -0.0587. The molecule has 0 spiro atoms. The molecule has 0 bridgehead atoms. The fourth-order valence-corrected chi connectivity index (χ4v) is 4.41. The monoisotopic (exact) mass is 474 g/mol. The molecule has 1 saturated heterocycles. The molecule has 5 rings (SSSR count). The predicted molar refractivity (Wildman–Crippen MR) is 128 cm³/mol. The van der Waals surface area contributed by atoms with Gasteiger partial charge in [0.05, 0.1) is 17.7 Å². The minimum Gasteiger partial charge on any atom is -0.377 e. The van der Waals surface area contributed by atoms with Crippen molar-refractivity contribution in [3.63, 3.8) is 0 Å². The van der Waals surface area contributed by atoms with Crippen LogP contribution in [0.2, 0.25) is 0 Å². The topological polar surface area (TPSA) is 145 Å². The molecule has 11 nitrogen and oxygen atoms in total. The van der Waals surface area contributed by atoms with Crippen molar-refractivity contribution in [3.8, 4) is 5.82 Å². The summed E-state index contributed by atoms with van der Waals surface area (Å²) >= 11 is 0. The maximum Gasteiger partial charge on any atom is 0.275 e. The number of fused-ring (bicyclic) bond motifs is 1. The van der Waals surface area contributed by atoms with Gasteiger partial charge in [-0.05, 0) is 44.5 Å². The van der Waals surface area contributed by atoms with Crippen molar-refractivity contribution in [2.45, 2.75) is 38.6 Å². The lowest BCUT2D eigenvalue weighted by Gasteiger charge is -2.35. The summed E-state index contributed by atoms with van der Waals surface area (Å²) in [5, 5.41) is 16.6. The highest BCUT2D eigenvalue weighted by Crippen LogP contribution is 2.31. The number of hydrogen-bond donors (Lipinski definition) is 2. The van der Waals surface area contributed by atoms with Crippen LogP contribution in [0.1, 0.15) is 42.6 Å². The zero-order chi connectivity index (χ0) is 24.7. The molecule has 0 radical (unpaired) electrons. The number of nitrogens with two attached hydrogens (primary N) is 1. The summed E-state index contributed by atoms with van der Waals surface area (Å²) in [5.74, 6) is 0.529. The normalized spacial score (nSPS) is 20.1. The third kappa shape index (κ3) is 4.19. The van der Waals surface area contributed by atoms with Gasteiger partial charge in [0, 0.05) is 43.1 Å². The van der Waals surface area contributed by atoms with Crippen LogP contribution in [-0.4, -0.2) is 70.9 Å². The Bertz CT molecular complexity index is 1380. The van der Waals surface area contributed by atoms with Gasteiger partial charge in [-0.15, -0.1) is 0 Å². The van der Waals surface area contributed by atoms with Crippen LogP contribution in [-0.2, 0) is 10.3 Å². The fourth-order valence-electron chi connectivity index (χ4n) is 4.41. The highest BCUT2D eigenvalue weighted by atomic mass is 16.5. The average Bonchev–Trinajstić information content (AvgIpc) is 3.22. The van der Waals surface area contributed by atoms with Gasteiger partial charge in [0.25, 0.3) is 5.91 Å². The highest BCUT2D eigenvalue weighted by Gasteiger charge is 2.32. The van der Waals surface area contributed by atoms with Crippen molar-refractivity contribution in [3.05, 3.63) is 66.0 Å². The van der Waals surface area contributed by atoms with Crippen LogP contribution in [0.15, 0.2) is 48.9 Å². The Hall–Kier alpha value is -3.96. The second kappa shape index (κ2) is 8.67. The van der Waals surface area contributed by atoms with Gasteiger partial charge in [-0.1, -0.05) is 6.07 Å². The Balaban J connectivity index is 1.66. The van der Waals surface area contributed by atoms with Gasteiger partial charge < -0.3 is 20.5 Å². The Kier molecular flexibility index (Phi) is 5.65. The lowest BCUT2D eigenvalue weighted by Crippen LogP contribution is -2.48. The Labute approximate surface area is 201 Å². The molecule has 1 fully saturated rings. The predicted octanol–water partition coefficient (Wildman–Crippen LogP) is 1.69. The number of hydrogen-bond acceptors (Lipinski definition) is 9. The fraction of sp³-hybridized carbons (Fsp3) is 0.333. The number of carbonyl (C=O) groups is 1. The molecule has 1 aliphatic rings. The number of aromatic nitrogens is 6. The van der Waals surface area contributed by atoms with Crippen LogP contribution in [0.4, 0.5) is 5.95 Å². The van der Waals surface area contributed by atoms with E-state index in [4.69, 9.17) is 10.5 Å². The Morgan fingerprint density at radius 2 is 1.83 bits per heavy atom. The summed E-state index contributed by atoms with van der Waals surface area (Å²) in [6.07, 6.45) is 4.51. The van der Waals surface area contributed by atoms with Crippen LogP contribution in [0.25, 0.3) is 16.7 Å². The van der Waals surface area contributed by atoms with Crippen molar-refractivity contribution < 1.29 is 14.6 Å². The second-order valence-electron chi connectivity index (χ2n) is 8.88. The number of anilines is 1. The van der Waals surface area contributed by atoms with E-state index in [0.29, 0.717) is 35.4 Å². The molecular formula is C24H26N8O3. The Morgan fingerprint density at radius 1 is 1.11 bits per heavy atom. The van der Waals surface area contributed by atoms with Crippen LogP contribution >= 0.6 is 0 Å². The van der Waals surface area contributed by atoms with Gasteiger partial charge in [-0.3, -0.25) is 4.79 Å². The number of carbonyl (C=O) groups excluding carboxylic acids is 1. The number of ether oxygens (including phenoxy) is 1. The summed E-state index contributed by atoms with van der Waals surface area (Å²) in [5.41, 5.74) is 5.73. The molecule has 0 saturated carbocycles. The minimum atomic E-state index is -1.48. The van der Waals surface area contributed by atoms with E-state index in [0.717, 1.165) is 0 Å². The Morgan fingerprint density at radius 3 is 2.51 bits per heavy atom. The molecule has 0 aliphatic carbocycles. The number of nitrogens with zero attached hydrogens (tertiary/aromatic N) is 7. The third-order valence-electron chi connectivity index (χ3n) is 6.03. The molecule has 180 valence electrons. The molecule has 1 aromatic carbocycles. The van der Waals surface area contributed by atoms with Gasteiger partial charge in [0.1, 0.15) is 5.60 Å². The van der Waals surface area contributed by atoms with Gasteiger partial charge in [0.2, 0.25) is 5.95 Å². The second-order valence-corrected chi connectivity index (χ2v) is 8.88. The molecular weight excluding hydrogens is 448 g/mol. The first-order valence-corrected chi connectivity index (χ1v) is 11.3. The minimum absolute atomic E-state index is 0.0784. The smallest absolute Gasteiger partial charge is 0.275 e. The number of rotatable bonds is 4. The lowest BCUT2D eigenvalue weighted by atomic mass is 9.94. The summed E-state index contributed by atoms with van der Waals surface area (Å²) < 4.78 is 7.32. The number of benzene rings is 1. The SMILES string of the molecule is C[C@@H]1CN(C(=O)c2nn(-c3ccnc(N)n3)c3cc(C(C)(O)c4ncccn4)ccc23)C[C@H](C)O1. The van der Waals surface area contributed by atoms with E-state index >= 15 is 0 Å². The van der Waals surface area contributed by atoms with Crippen LogP contribution < -0.4 is 5.73 Å². The molecule has 4 heterocycles. The quantitative estimate of drug-likeness (QED) is 0.451. The first-order valence-electron chi connectivity index (χ1n) is 11.3. The van der Waals surface area contributed by atoms with E-state index in [1.807, 2.05) is 13.8 Å². The van der Waals surface area contributed by atoms with Gasteiger partial charge in [0.15, 0.2) is 17.3 Å². The maximum atomic E-state index is 13.6. The van der Waals surface area contributed by atoms with Gasteiger partial charge in [-0.25, -0.2) is 19.6 Å². The van der Waals surface area contributed by atoms with E-state index in [9.17, 15) is 9.90 Å². The van der Waals surface area contributed by atoms with E-state index in [-0.39, 0.29) is 35.6 Å². The van der Waals surface area contributed by atoms with Crippen molar-refractivity contribution in [1.82, 2.24) is 34.6 Å². The highest BCUT2D eigenvalue weighted by molar-refractivity contribution is 6.05. The number of amides is 1. The molecule has 3 N–H and O–H groups in total. The number of nitrogen functional groups attached to an aromatic ring is 1. The van der Waals surface area contributed by atoms with Crippen molar-refractivity contribution in [1.29, 1.82) is 0 Å².